The van der Waals surface area contributed by atoms with Crippen LogP contribution < -0.4 is 5.32 Å². The van der Waals surface area contributed by atoms with Gasteiger partial charge in [-0.2, -0.15) is 16.1 Å². The lowest BCUT2D eigenvalue weighted by atomic mass is 10.1. The monoisotopic (exact) mass is 328 g/mol. The molecule has 1 aliphatic rings. The fraction of sp³-hybridized carbons (Fsp3) is 0.600. The van der Waals surface area contributed by atoms with Gasteiger partial charge in [0, 0.05) is 30.6 Å². The van der Waals surface area contributed by atoms with Gasteiger partial charge in [0.15, 0.2) is 0 Å². The summed E-state index contributed by atoms with van der Waals surface area (Å²) in [4.78, 5) is 0.414. The number of hydrogen-bond acceptors (Lipinski definition) is 4. The number of thioether (sulfide) groups is 1. The highest BCUT2D eigenvalue weighted by molar-refractivity contribution is 7.99. The summed E-state index contributed by atoms with van der Waals surface area (Å²) in [6.07, 6.45) is 1.06. The largest absolute Gasteiger partial charge is 0.310 e. The van der Waals surface area contributed by atoms with E-state index in [1.54, 1.807) is 10.4 Å². The highest BCUT2D eigenvalue weighted by atomic mass is 32.2. The third-order valence-electron chi connectivity index (χ3n) is 3.67. The number of sulfonamides is 1. The Kier molecular flexibility index (Phi) is 6.10. The van der Waals surface area contributed by atoms with E-state index in [0.717, 1.165) is 30.0 Å². The van der Waals surface area contributed by atoms with E-state index in [-0.39, 0.29) is 6.04 Å². The lowest BCUT2D eigenvalue weighted by Gasteiger charge is -2.26. The minimum absolute atomic E-state index is 0.164. The van der Waals surface area contributed by atoms with Gasteiger partial charge < -0.3 is 5.32 Å². The van der Waals surface area contributed by atoms with Gasteiger partial charge in [-0.05, 0) is 37.6 Å². The third-order valence-corrected chi connectivity index (χ3v) is 6.50. The zero-order valence-electron chi connectivity index (χ0n) is 12.7. The molecule has 2 rings (SSSR count). The molecule has 0 saturated carbocycles. The Morgan fingerprint density at radius 2 is 2.05 bits per heavy atom. The normalized spacial score (nSPS) is 18.6. The predicted molar refractivity (Wildman–Crippen MR) is 89.2 cm³/mol. The maximum atomic E-state index is 12.7. The van der Waals surface area contributed by atoms with Crippen LogP contribution in [0.2, 0.25) is 0 Å². The van der Waals surface area contributed by atoms with Crippen molar-refractivity contribution in [3.63, 3.8) is 0 Å². The van der Waals surface area contributed by atoms with Crippen LogP contribution in [0.5, 0.6) is 0 Å². The zero-order valence-corrected chi connectivity index (χ0v) is 14.3. The van der Waals surface area contributed by atoms with Crippen LogP contribution >= 0.6 is 11.8 Å². The quantitative estimate of drug-likeness (QED) is 0.871. The van der Waals surface area contributed by atoms with Crippen LogP contribution in [0.25, 0.3) is 0 Å². The van der Waals surface area contributed by atoms with Gasteiger partial charge >= 0.3 is 0 Å². The Morgan fingerprint density at radius 1 is 1.33 bits per heavy atom. The Hall–Kier alpha value is -0.560. The number of nitrogens with zero attached hydrogens (tertiary/aromatic N) is 1. The van der Waals surface area contributed by atoms with E-state index in [2.05, 4.69) is 19.2 Å². The smallest absolute Gasteiger partial charge is 0.243 e. The van der Waals surface area contributed by atoms with Crippen molar-refractivity contribution in [2.45, 2.75) is 31.2 Å². The summed E-state index contributed by atoms with van der Waals surface area (Å²) in [6.45, 7) is 6.34. The SMILES string of the molecule is CCCNC(C)c1cccc(S(=O)(=O)N2CCSCC2)c1. The molecule has 1 N–H and O–H groups in total. The van der Waals surface area contributed by atoms with E-state index in [1.807, 2.05) is 30.0 Å². The lowest BCUT2D eigenvalue weighted by molar-refractivity contribution is 0.443. The van der Waals surface area contributed by atoms with Crippen molar-refractivity contribution in [1.82, 2.24) is 9.62 Å². The van der Waals surface area contributed by atoms with E-state index < -0.39 is 10.0 Å². The van der Waals surface area contributed by atoms with Crippen LogP contribution in [-0.2, 0) is 10.0 Å². The molecule has 21 heavy (non-hydrogen) atoms. The maximum absolute atomic E-state index is 12.7. The van der Waals surface area contributed by atoms with Gasteiger partial charge in [-0.15, -0.1) is 0 Å². The fourth-order valence-corrected chi connectivity index (χ4v) is 4.99. The van der Waals surface area contributed by atoms with E-state index in [1.165, 1.54) is 0 Å². The van der Waals surface area contributed by atoms with Crippen molar-refractivity contribution < 1.29 is 8.42 Å². The van der Waals surface area contributed by atoms with Crippen LogP contribution in [0.4, 0.5) is 0 Å². The molecule has 0 spiro atoms. The first-order valence-corrected chi connectivity index (χ1v) is 10.1. The molecule has 1 aromatic carbocycles. The summed E-state index contributed by atoms with van der Waals surface area (Å²) in [5.41, 5.74) is 1.02. The Labute approximate surface area is 132 Å². The van der Waals surface area contributed by atoms with Gasteiger partial charge in [0.1, 0.15) is 0 Å². The van der Waals surface area contributed by atoms with Gasteiger partial charge in [0.05, 0.1) is 4.90 Å². The van der Waals surface area contributed by atoms with E-state index in [0.29, 0.717) is 18.0 Å². The molecule has 0 bridgehead atoms. The summed E-state index contributed by atoms with van der Waals surface area (Å²) in [6, 6.07) is 7.50. The molecule has 1 heterocycles. The van der Waals surface area contributed by atoms with E-state index >= 15 is 0 Å². The summed E-state index contributed by atoms with van der Waals surface area (Å²) in [5, 5.41) is 3.40. The zero-order chi connectivity index (χ0) is 15.3. The van der Waals surface area contributed by atoms with Gasteiger partial charge in [-0.1, -0.05) is 19.1 Å². The molecular formula is C15H24N2O2S2. The first kappa shape index (κ1) is 16.8. The van der Waals surface area contributed by atoms with E-state index in [4.69, 9.17) is 0 Å². The minimum atomic E-state index is -3.35. The van der Waals surface area contributed by atoms with Gasteiger partial charge in [0.25, 0.3) is 0 Å². The standard InChI is InChI=1S/C15H24N2O2S2/c1-3-7-16-13(2)14-5-4-6-15(12-14)21(18,19)17-8-10-20-11-9-17/h4-6,12-13,16H,3,7-11H2,1-2H3. The molecular weight excluding hydrogens is 304 g/mol. The molecule has 0 radical (unpaired) electrons. The fourth-order valence-electron chi connectivity index (χ4n) is 2.36. The molecule has 118 valence electrons. The van der Waals surface area contributed by atoms with Crippen LogP contribution in [0.3, 0.4) is 0 Å². The minimum Gasteiger partial charge on any atom is -0.310 e. The van der Waals surface area contributed by atoms with Gasteiger partial charge in [-0.25, -0.2) is 8.42 Å². The molecule has 4 nitrogen and oxygen atoms in total. The Balaban J connectivity index is 2.19. The maximum Gasteiger partial charge on any atom is 0.243 e. The van der Waals surface area contributed by atoms with Crippen molar-refractivity contribution in [3.05, 3.63) is 29.8 Å². The number of hydrogen-bond donors (Lipinski definition) is 1. The molecule has 1 saturated heterocycles. The second-order valence-electron chi connectivity index (χ2n) is 5.26. The van der Waals surface area contributed by atoms with Crippen LogP contribution in [0.1, 0.15) is 31.9 Å². The summed E-state index contributed by atoms with van der Waals surface area (Å²) in [7, 11) is -3.35. The first-order valence-electron chi connectivity index (χ1n) is 7.47. The first-order chi connectivity index (χ1) is 10.1. The number of benzene rings is 1. The second-order valence-corrected chi connectivity index (χ2v) is 8.43. The Bertz CT molecular complexity index is 555. The molecule has 1 unspecified atom stereocenters. The topological polar surface area (TPSA) is 49.4 Å². The van der Waals surface area contributed by atoms with Crippen molar-refractivity contribution in [2.75, 3.05) is 31.1 Å². The molecule has 1 atom stereocenters. The molecule has 6 heteroatoms. The van der Waals surface area contributed by atoms with Gasteiger partial charge in [0.2, 0.25) is 10.0 Å². The van der Waals surface area contributed by atoms with E-state index in [9.17, 15) is 8.42 Å². The summed E-state index contributed by atoms with van der Waals surface area (Å²) < 4.78 is 26.9. The second kappa shape index (κ2) is 7.63. The molecule has 1 aromatic rings. The molecule has 0 amide bonds. The molecule has 0 aromatic heterocycles. The van der Waals surface area contributed by atoms with Crippen molar-refractivity contribution in [2.24, 2.45) is 0 Å². The number of nitrogens with one attached hydrogen (secondary N) is 1. The van der Waals surface area contributed by atoms with Crippen LogP contribution in [-0.4, -0.2) is 43.9 Å². The summed E-state index contributed by atoms with van der Waals surface area (Å²) in [5.74, 6) is 1.76. The lowest BCUT2D eigenvalue weighted by Crippen LogP contribution is -2.37. The van der Waals surface area contributed by atoms with Crippen molar-refractivity contribution >= 4 is 21.8 Å². The van der Waals surface area contributed by atoms with Crippen LogP contribution in [0, 0.1) is 0 Å². The average molecular weight is 329 g/mol. The molecule has 1 fully saturated rings. The highest BCUT2D eigenvalue weighted by Gasteiger charge is 2.26. The van der Waals surface area contributed by atoms with Gasteiger partial charge in [-0.3, -0.25) is 0 Å². The molecule has 0 aliphatic carbocycles. The third kappa shape index (κ3) is 4.22. The van der Waals surface area contributed by atoms with Crippen molar-refractivity contribution in [1.29, 1.82) is 0 Å². The van der Waals surface area contributed by atoms with Crippen LogP contribution in [0.15, 0.2) is 29.2 Å². The number of rotatable bonds is 6. The average Bonchev–Trinajstić information content (AvgIpc) is 2.53. The van der Waals surface area contributed by atoms with Crippen molar-refractivity contribution in [3.8, 4) is 0 Å². The Morgan fingerprint density at radius 3 is 2.71 bits per heavy atom. The highest BCUT2D eigenvalue weighted by Crippen LogP contribution is 2.23. The molecule has 1 aliphatic heterocycles. The summed E-state index contributed by atoms with van der Waals surface area (Å²) >= 11 is 1.81. The predicted octanol–water partition coefficient (Wildman–Crippen LogP) is 2.48.